The Balaban J connectivity index is 1.52. The van der Waals surface area contributed by atoms with Crippen LogP contribution in [0.3, 0.4) is 0 Å². The van der Waals surface area contributed by atoms with Crippen LogP contribution in [0.1, 0.15) is 34.7 Å². The monoisotopic (exact) mass is 504 g/mol. The van der Waals surface area contributed by atoms with E-state index in [-0.39, 0.29) is 11.6 Å². The van der Waals surface area contributed by atoms with Crippen LogP contribution in [-0.2, 0) is 6.42 Å². The summed E-state index contributed by atoms with van der Waals surface area (Å²) >= 11 is 8.19. The van der Waals surface area contributed by atoms with Crippen molar-refractivity contribution in [1.82, 2.24) is 4.57 Å². The van der Waals surface area contributed by atoms with Gasteiger partial charge in [0.2, 0.25) is 0 Å². The SMILES string of the molecule is O=c1/c(=C\c2cccc3ccccc23)sc2n1[C@H](c1ccccc1Cl)C1=C(N=2)c2ccccc2CC1. The molecule has 5 heteroatoms. The largest absolute Gasteiger partial charge is 0.272 e. The number of thiazole rings is 1. The summed E-state index contributed by atoms with van der Waals surface area (Å²) in [6.45, 7) is 0. The van der Waals surface area contributed by atoms with Crippen molar-refractivity contribution in [3.05, 3.63) is 144 Å². The molecule has 1 aromatic heterocycles. The van der Waals surface area contributed by atoms with E-state index in [0.29, 0.717) is 14.4 Å². The average molecular weight is 505 g/mol. The summed E-state index contributed by atoms with van der Waals surface area (Å²) in [7, 11) is 0. The molecule has 174 valence electrons. The van der Waals surface area contributed by atoms with Crippen molar-refractivity contribution in [2.75, 3.05) is 0 Å². The lowest BCUT2D eigenvalue weighted by atomic mass is 9.83. The number of rotatable bonds is 2. The molecule has 1 aliphatic heterocycles. The summed E-state index contributed by atoms with van der Waals surface area (Å²) in [5.41, 5.74) is 6.54. The Bertz CT molecular complexity index is 1890. The molecule has 1 aliphatic carbocycles. The molecule has 0 bridgehead atoms. The highest BCUT2D eigenvalue weighted by Crippen LogP contribution is 2.42. The predicted molar refractivity (Wildman–Crippen MR) is 148 cm³/mol. The van der Waals surface area contributed by atoms with Crippen LogP contribution >= 0.6 is 22.9 Å². The molecule has 5 aromatic rings. The molecular weight excluding hydrogens is 484 g/mol. The molecule has 3 nitrogen and oxygen atoms in total. The van der Waals surface area contributed by atoms with Gasteiger partial charge in [-0.05, 0) is 58.0 Å². The number of benzene rings is 4. The zero-order valence-corrected chi connectivity index (χ0v) is 20.9. The van der Waals surface area contributed by atoms with E-state index in [0.717, 1.165) is 51.6 Å². The van der Waals surface area contributed by atoms with Gasteiger partial charge in [0.15, 0.2) is 4.80 Å². The molecule has 0 saturated heterocycles. The second-order valence-electron chi connectivity index (χ2n) is 9.20. The molecule has 0 N–H and O–H groups in total. The topological polar surface area (TPSA) is 34.4 Å². The van der Waals surface area contributed by atoms with Crippen molar-refractivity contribution < 1.29 is 0 Å². The number of halogens is 1. The van der Waals surface area contributed by atoms with Crippen molar-refractivity contribution in [3.8, 4) is 0 Å². The number of nitrogens with zero attached hydrogens (tertiary/aromatic N) is 2. The molecule has 36 heavy (non-hydrogen) atoms. The molecular formula is C31H21ClN2OS. The molecule has 0 fully saturated rings. The molecule has 0 saturated carbocycles. The lowest BCUT2D eigenvalue weighted by Gasteiger charge is -2.31. The number of hydrogen-bond donors (Lipinski definition) is 0. The van der Waals surface area contributed by atoms with E-state index in [2.05, 4.69) is 48.5 Å². The zero-order chi connectivity index (χ0) is 24.2. The number of allylic oxidation sites excluding steroid dienone is 1. The number of fused-ring (bicyclic) bond motifs is 4. The Labute approximate surface area is 217 Å². The van der Waals surface area contributed by atoms with Crippen LogP contribution < -0.4 is 14.9 Å². The van der Waals surface area contributed by atoms with Crippen molar-refractivity contribution in [3.63, 3.8) is 0 Å². The van der Waals surface area contributed by atoms with Gasteiger partial charge in [-0.2, -0.15) is 0 Å². The molecule has 0 unspecified atom stereocenters. The van der Waals surface area contributed by atoms with Gasteiger partial charge in [-0.25, -0.2) is 4.99 Å². The highest BCUT2D eigenvalue weighted by Gasteiger charge is 2.33. The summed E-state index contributed by atoms with van der Waals surface area (Å²) in [4.78, 5) is 19.8. The third-order valence-corrected chi connectivity index (χ3v) is 8.51. The van der Waals surface area contributed by atoms with Gasteiger partial charge in [-0.3, -0.25) is 9.36 Å². The van der Waals surface area contributed by atoms with E-state index in [1.807, 2.05) is 53.1 Å². The first kappa shape index (κ1) is 21.5. The van der Waals surface area contributed by atoms with Crippen LogP contribution in [-0.4, -0.2) is 4.57 Å². The number of hydrogen-bond acceptors (Lipinski definition) is 3. The molecule has 0 amide bonds. The second kappa shape index (κ2) is 8.44. The highest BCUT2D eigenvalue weighted by atomic mass is 35.5. The van der Waals surface area contributed by atoms with Gasteiger partial charge >= 0.3 is 0 Å². The molecule has 2 aliphatic rings. The molecule has 2 heterocycles. The van der Waals surface area contributed by atoms with Crippen LogP contribution in [0.15, 0.2) is 106 Å². The summed E-state index contributed by atoms with van der Waals surface area (Å²) in [6.07, 6.45) is 3.78. The van der Waals surface area contributed by atoms with E-state index in [1.165, 1.54) is 16.9 Å². The minimum Gasteiger partial charge on any atom is -0.272 e. The lowest BCUT2D eigenvalue weighted by Crippen LogP contribution is -2.38. The molecule has 0 radical (unpaired) electrons. The summed E-state index contributed by atoms with van der Waals surface area (Å²) in [5.74, 6) is 0. The smallest absolute Gasteiger partial charge is 0.271 e. The fraction of sp³-hybridized carbons (Fsp3) is 0.0968. The van der Waals surface area contributed by atoms with Gasteiger partial charge in [0.1, 0.15) is 0 Å². The lowest BCUT2D eigenvalue weighted by molar-refractivity contribution is 0.585. The first-order valence-electron chi connectivity index (χ1n) is 12.0. The second-order valence-corrected chi connectivity index (χ2v) is 10.6. The zero-order valence-electron chi connectivity index (χ0n) is 19.3. The fourth-order valence-electron chi connectivity index (χ4n) is 5.51. The maximum absolute atomic E-state index is 14.0. The molecule has 0 spiro atoms. The van der Waals surface area contributed by atoms with Crippen molar-refractivity contribution in [1.29, 1.82) is 0 Å². The van der Waals surface area contributed by atoms with E-state index in [1.54, 1.807) is 0 Å². The van der Waals surface area contributed by atoms with E-state index in [4.69, 9.17) is 16.6 Å². The Morgan fingerprint density at radius 2 is 1.67 bits per heavy atom. The van der Waals surface area contributed by atoms with Gasteiger partial charge in [0.25, 0.3) is 5.56 Å². The van der Waals surface area contributed by atoms with Gasteiger partial charge in [0, 0.05) is 10.6 Å². The van der Waals surface area contributed by atoms with Gasteiger partial charge in [0.05, 0.1) is 16.3 Å². The number of aryl methyl sites for hydroxylation is 1. The van der Waals surface area contributed by atoms with Crippen molar-refractivity contribution in [2.24, 2.45) is 4.99 Å². The standard InChI is InChI=1S/C31H21ClN2OS/c32-26-15-6-5-14-24(26)29-25-17-16-20-9-2-4-13-23(20)28(25)33-31-34(29)30(35)27(36-31)18-21-11-7-10-19-8-1-3-12-22(19)21/h1-15,18,29H,16-17H2/b27-18+/t29-/m1/s1. The van der Waals surface area contributed by atoms with Crippen molar-refractivity contribution >= 4 is 45.5 Å². The minimum absolute atomic E-state index is 0.0259. The van der Waals surface area contributed by atoms with Gasteiger partial charge in [-0.15, -0.1) is 0 Å². The van der Waals surface area contributed by atoms with E-state index >= 15 is 0 Å². The fourth-order valence-corrected chi connectivity index (χ4v) is 6.74. The Hall–Kier alpha value is -3.73. The third kappa shape index (κ3) is 3.33. The van der Waals surface area contributed by atoms with Crippen LogP contribution in [0.25, 0.3) is 22.5 Å². The minimum atomic E-state index is -0.270. The maximum atomic E-state index is 14.0. The van der Waals surface area contributed by atoms with E-state index < -0.39 is 0 Å². The van der Waals surface area contributed by atoms with Crippen LogP contribution in [0, 0.1) is 0 Å². The predicted octanol–water partition coefficient (Wildman–Crippen LogP) is 6.13. The Morgan fingerprint density at radius 3 is 2.58 bits per heavy atom. The first-order valence-corrected chi connectivity index (χ1v) is 13.2. The van der Waals surface area contributed by atoms with Crippen LogP contribution in [0.4, 0.5) is 0 Å². The van der Waals surface area contributed by atoms with Crippen molar-refractivity contribution in [2.45, 2.75) is 18.9 Å². The first-order chi connectivity index (χ1) is 17.7. The highest BCUT2D eigenvalue weighted by molar-refractivity contribution is 7.07. The normalized spacial score (nSPS) is 16.9. The molecule has 4 aromatic carbocycles. The summed E-state index contributed by atoms with van der Waals surface area (Å²) in [6, 6.07) is 30.5. The van der Waals surface area contributed by atoms with E-state index in [9.17, 15) is 4.79 Å². The maximum Gasteiger partial charge on any atom is 0.271 e. The van der Waals surface area contributed by atoms with Gasteiger partial charge in [-0.1, -0.05) is 108 Å². The Morgan fingerprint density at radius 1 is 0.889 bits per heavy atom. The van der Waals surface area contributed by atoms with Gasteiger partial charge < -0.3 is 0 Å². The summed E-state index contributed by atoms with van der Waals surface area (Å²) in [5, 5.41) is 2.94. The average Bonchev–Trinajstić information content (AvgIpc) is 3.22. The molecule has 7 rings (SSSR count). The third-order valence-electron chi connectivity index (χ3n) is 7.18. The number of aromatic nitrogens is 1. The van der Waals surface area contributed by atoms with Crippen LogP contribution in [0.2, 0.25) is 5.02 Å². The molecule has 1 atom stereocenters. The quantitative estimate of drug-likeness (QED) is 0.285. The summed E-state index contributed by atoms with van der Waals surface area (Å²) < 4.78 is 2.53. The Kier molecular flexibility index (Phi) is 5.05. The van der Waals surface area contributed by atoms with Crippen LogP contribution in [0.5, 0.6) is 0 Å².